The predicted octanol–water partition coefficient (Wildman–Crippen LogP) is 4.57. The molecule has 4 rings (SSSR count). The summed E-state index contributed by atoms with van der Waals surface area (Å²) < 4.78 is 0.868. The molecule has 1 heterocycles. The number of thioether (sulfide) groups is 2. The van der Waals surface area contributed by atoms with Crippen molar-refractivity contribution in [3.8, 4) is 0 Å². The Hall–Kier alpha value is 0.440. The monoisotopic (exact) mass is 254 g/mol. The van der Waals surface area contributed by atoms with Crippen molar-refractivity contribution in [2.45, 2.75) is 44.1 Å². The molecule has 1 saturated heterocycles. The van der Waals surface area contributed by atoms with Gasteiger partial charge in [-0.15, -0.1) is 23.5 Å². The van der Waals surface area contributed by atoms with Crippen molar-refractivity contribution in [2.24, 2.45) is 17.3 Å². The summed E-state index contributed by atoms with van der Waals surface area (Å²) in [5.41, 5.74) is 2.42. The largest absolute Gasteiger partial charge is 0.147 e. The molecule has 0 spiro atoms. The molecule has 2 heteroatoms. The van der Waals surface area contributed by atoms with E-state index in [1.165, 1.54) is 37.2 Å². The van der Waals surface area contributed by atoms with Crippen molar-refractivity contribution in [3.05, 3.63) is 11.6 Å². The van der Waals surface area contributed by atoms with Gasteiger partial charge in [0.2, 0.25) is 0 Å². The molecule has 2 bridgehead atoms. The summed E-state index contributed by atoms with van der Waals surface area (Å²) in [5, 5.41) is 0. The number of fused-ring (bicyclic) bond motifs is 1. The molecule has 1 saturated carbocycles. The van der Waals surface area contributed by atoms with Gasteiger partial charge in [0.05, 0.1) is 4.58 Å². The second kappa shape index (κ2) is 4.28. The van der Waals surface area contributed by atoms with Crippen LogP contribution in [0.3, 0.4) is 0 Å². The zero-order chi connectivity index (χ0) is 11.2. The van der Waals surface area contributed by atoms with Gasteiger partial charge in [-0.2, -0.15) is 0 Å². The summed E-state index contributed by atoms with van der Waals surface area (Å²) >= 11 is 4.40. The Bertz CT molecular complexity index is 300. The Morgan fingerprint density at radius 2 is 2.06 bits per heavy atom. The van der Waals surface area contributed by atoms with Crippen molar-refractivity contribution in [2.75, 3.05) is 11.5 Å². The molecule has 1 aliphatic heterocycles. The van der Waals surface area contributed by atoms with Crippen molar-refractivity contribution in [3.63, 3.8) is 0 Å². The molecule has 3 aliphatic carbocycles. The molecule has 0 unspecified atom stereocenters. The summed E-state index contributed by atoms with van der Waals surface area (Å²) in [4.78, 5) is 0. The Morgan fingerprint density at radius 3 is 2.69 bits per heavy atom. The molecule has 2 atom stereocenters. The lowest BCUT2D eigenvalue weighted by atomic mass is 9.48. The van der Waals surface area contributed by atoms with Gasteiger partial charge in [0.1, 0.15) is 0 Å². The summed E-state index contributed by atoms with van der Waals surface area (Å²) in [7, 11) is 0. The van der Waals surface area contributed by atoms with Crippen LogP contribution in [0.15, 0.2) is 11.6 Å². The van der Waals surface area contributed by atoms with E-state index in [1.807, 2.05) is 0 Å². The highest BCUT2D eigenvalue weighted by Gasteiger charge is 2.51. The number of allylic oxidation sites excluding steroid dienone is 2. The van der Waals surface area contributed by atoms with Crippen LogP contribution in [0.2, 0.25) is 0 Å². The number of hydrogen-bond donors (Lipinski definition) is 0. The van der Waals surface area contributed by atoms with Crippen LogP contribution in [0.5, 0.6) is 0 Å². The molecule has 0 aromatic carbocycles. The van der Waals surface area contributed by atoms with Crippen molar-refractivity contribution in [1.82, 2.24) is 0 Å². The van der Waals surface area contributed by atoms with Gasteiger partial charge in [0.15, 0.2) is 0 Å². The molecule has 0 nitrogen and oxygen atoms in total. The molecule has 0 amide bonds. The van der Waals surface area contributed by atoms with Crippen LogP contribution in [0.25, 0.3) is 0 Å². The summed E-state index contributed by atoms with van der Waals surface area (Å²) in [6.45, 7) is 4.97. The van der Waals surface area contributed by atoms with Gasteiger partial charge >= 0.3 is 0 Å². The molecule has 4 aliphatic rings. The Balaban J connectivity index is 1.65. The van der Waals surface area contributed by atoms with E-state index in [4.69, 9.17) is 0 Å². The minimum Gasteiger partial charge on any atom is -0.147 e. The molecule has 16 heavy (non-hydrogen) atoms. The molecule has 2 fully saturated rings. The number of hydrogen-bond acceptors (Lipinski definition) is 2. The van der Waals surface area contributed by atoms with Crippen molar-refractivity contribution >= 4 is 23.5 Å². The lowest BCUT2D eigenvalue weighted by Gasteiger charge is -2.57. The van der Waals surface area contributed by atoms with Gasteiger partial charge in [0.25, 0.3) is 0 Å². The molecular formula is C14H22S2. The maximum absolute atomic E-state index is 2.58. The molecule has 0 N–H and O–H groups in total. The van der Waals surface area contributed by atoms with E-state index in [2.05, 4.69) is 43.4 Å². The Kier molecular flexibility index (Phi) is 3.08. The molecule has 90 valence electrons. The fourth-order valence-electron chi connectivity index (χ4n) is 3.55. The SMILES string of the molecule is CC1(C)[C@H]2CC=C(CC3SCCCS3)[C@@H]1C2. The Labute approximate surface area is 108 Å². The highest BCUT2D eigenvalue weighted by molar-refractivity contribution is 8.17. The fraction of sp³-hybridized carbons (Fsp3) is 0.857. The normalized spacial score (nSPS) is 37.8. The van der Waals surface area contributed by atoms with E-state index in [1.54, 1.807) is 5.57 Å². The van der Waals surface area contributed by atoms with Gasteiger partial charge in [-0.1, -0.05) is 25.5 Å². The standard InChI is InChI=1S/C14H22S2/c1-14(2)11-5-4-10(12(14)9-11)8-13-15-6-3-7-16-13/h4,11-13H,3,5-9H2,1-2H3/t11-,12-/m0/s1. The van der Waals surface area contributed by atoms with Crippen LogP contribution in [0.4, 0.5) is 0 Å². The molecule has 0 aromatic heterocycles. The summed E-state index contributed by atoms with van der Waals surface area (Å²) in [6, 6.07) is 0. The predicted molar refractivity (Wildman–Crippen MR) is 76.0 cm³/mol. The van der Waals surface area contributed by atoms with Crippen LogP contribution in [-0.4, -0.2) is 16.1 Å². The highest BCUT2D eigenvalue weighted by Crippen LogP contribution is 2.60. The van der Waals surface area contributed by atoms with E-state index >= 15 is 0 Å². The third-order valence-corrected chi connectivity index (χ3v) is 7.82. The first-order valence-corrected chi connectivity index (χ1v) is 8.70. The van der Waals surface area contributed by atoms with Crippen LogP contribution >= 0.6 is 23.5 Å². The van der Waals surface area contributed by atoms with Gasteiger partial charge in [-0.05, 0) is 54.4 Å². The second-order valence-electron chi connectivity index (χ2n) is 6.05. The van der Waals surface area contributed by atoms with Crippen molar-refractivity contribution in [1.29, 1.82) is 0 Å². The van der Waals surface area contributed by atoms with E-state index in [0.717, 1.165) is 16.4 Å². The molecular weight excluding hydrogens is 232 g/mol. The lowest BCUT2D eigenvalue weighted by molar-refractivity contribution is -0.00782. The minimum atomic E-state index is 0.619. The summed E-state index contributed by atoms with van der Waals surface area (Å²) in [6.07, 6.45) is 8.22. The minimum absolute atomic E-state index is 0.619. The fourth-order valence-corrected chi connectivity index (χ4v) is 6.47. The first-order valence-electron chi connectivity index (χ1n) is 6.60. The quantitative estimate of drug-likeness (QED) is 0.662. The van der Waals surface area contributed by atoms with Gasteiger partial charge in [-0.25, -0.2) is 0 Å². The van der Waals surface area contributed by atoms with E-state index in [-0.39, 0.29) is 0 Å². The number of rotatable bonds is 2. The average Bonchev–Trinajstić information content (AvgIpc) is 2.30. The van der Waals surface area contributed by atoms with E-state index in [9.17, 15) is 0 Å². The van der Waals surface area contributed by atoms with E-state index < -0.39 is 0 Å². The third-order valence-electron chi connectivity index (χ3n) is 4.88. The maximum atomic E-state index is 2.58. The van der Waals surface area contributed by atoms with Crippen LogP contribution in [-0.2, 0) is 0 Å². The molecule has 0 aromatic rings. The maximum Gasteiger partial charge on any atom is 0.0539 e. The van der Waals surface area contributed by atoms with Gasteiger partial charge in [0, 0.05) is 0 Å². The van der Waals surface area contributed by atoms with Crippen LogP contribution < -0.4 is 0 Å². The topological polar surface area (TPSA) is 0 Å². The zero-order valence-corrected chi connectivity index (χ0v) is 12.0. The van der Waals surface area contributed by atoms with Crippen molar-refractivity contribution < 1.29 is 0 Å². The highest BCUT2D eigenvalue weighted by atomic mass is 32.2. The zero-order valence-electron chi connectivity index (χ0n) is 10.4. The average molecular weight is 254 g/mol. The molecule has 0 radical (unpaired) electrons. The Morgan fingerprint density at radius 1 is 1.31 bits per heavy atom. The van der Waals surface area contributed by atoms with E-state index in [0.29, 0.717) is 5.41 Å². The first kappa shape index (κ1) is 11.5. The van der Waals surface area contributed by atoms with Gasteiger partial charge < -0.3 is 0 Å². The van der Waals surface area contributed by atoms with Gasteiger partial charge in [-0.3, -0.25) is 0 Å². The van der Waals surface area contributed by atoms with Crippen LogP contribution in [0.1, 0.15) is 39.5 Å². The first-order chi connectivity index (χ1) is 7.68. The lowest BCUT2D eigenvalue weighted by Crippen LogP contribution is -2.48. The smallest absolute Gasteiger partial charge is 0.0539 e. The summed E-state index contributed by atoms with van der Waals surface area (Å²) in [5.74, 6) is 4.70. The van der Waals surface area contributed by atoms with Crippen LogP contribution in [0, 0.1) is 17.3 Å². The third kappa shape index (κ3) is 1.86. The second-order valence-corrected chi connectivity index (χ2v) is 8.97.